The van der Waals surface area contributed by atoms with Gasteiger partial charge in [-0.3, -0.25) is 4.79 Å². The van der Waals surface area contributed by atoms with Crippen molar-refractivity contribution in [2.75, 3.05) is 0 Å². The number of aryl methyl sites for hydroxylation is 3. The molecule has 0 aliphatic heterocycles. The van der Waals surface area contributed by atoms with Crippen molar-refractivity contribution in [1.82, 2.24) is 19.9 Å². The lowest BCUT2D eigenvalue weighted by Crippen LogP contribution is -2.22. The van der Waals surface area contributed by atoms with Crippen LogP contribution < -0.4 is 5.32 Å². The molecule has 0 bridgehead atoms. The second-order valence-electron chi connectivity index (χ2n) is 5.24. The molecule has 5 nitrogen and oxygen atoms in total. The maximum Gasteiger partial charge on any atom is 0.257 e. The second kappa shape index (κ2) is 5.88. The first-order chi connectivity index (χ1) is 10.6. The molecule has 3 aromatic rings. The van der Waals surface area contributed by atoms with E-state index in [9.17, 15) is 4.79 Å². The minimum absolute atomic E-state index is 0.140. The molecule has 1 N–H and O–H groups in total. The Bertz CT molecular complexity index is 834. The van der Waals surface area contributed by atoms with Crippen LogP contribution in [0.1, 0.15) is 38.4 Å². The predicted molar refractivity (Wildman–Crippen MR) is 87.3 cm³/mol. The summed E-state index contributed by atoms with van der Waals surface area (Å²) in [6.07, 6.45) is 2.60. The van der Waals surface area contributed by atoms with Gasteiger partial charge in [0.15, 0.2) is 5.65 Å². The molecule has 0 spiro atoms. The first-order valence-corrected chi connectivity index (χ1v) is 8.08. The number of carbonyl (C=O) groups is 1. The lowest BCUT2D eigenvalue weighted by molar-refractivity contribution is 0.0952. The van der Waals surface area contributed by atoms with Gasteiger partial charge in [-0.1, -0.05) is 6.92 Å². The smallest absolute Gasteiger partial charge is 0.257 e. The van der Waals surface area contributed by atoms with Crippen LogP contribution in [0.4, 0.5) is 0 Å². The van der Waals surface area contributed by atoms with Crippen molar-refractivity contribution in [1.29, 1.82) is 0 Å². The first-order valence-electron chi connectivity index (χ1n) is 7.26. The number of thiophene rings is 1. The number of nitrogens with zero attached hydrogens (tertiary/aromatic N) is 3. The summed E-state index contributed by atoms with van der Waals surface area (Å²) in [6, 6.07) is 6.11. The van der Waals surface area contributed by atoms with Gasteiger partial charge in [-0.25, -0.2) is 9.50 Å². The molecule has 0 aromatic carbocycles. The number of hydrogen-bond acceptors (Lipinski definition) is 4. The number of hydrogen-bond donors (Lipinski definition) is 1. The SMILES string of the molecule is CCc1ccc(CNC(=O)c2cnn3c(C)cc(C)nc23)s1. The third-order valence-corrected chi connectivity index (χ3v) is 4.74. The molecular weight excluding hydrogens is 296 g/mol. The molecule has 1 amide bonds. The summed E-state index contributed by atoms with van der Waals surface area (Å²) in [5.41, 5.74) is 2.97. The van der Waals surface area contributed by atoms with Crippen LogP contribution in [-0.4, -0.2) is 20.5 Å². The fourth-order valence-corrected chi connectivity index (χ4v) is 3.30. The topological polar surface area (TPSA) is 59.3 Å². The van der Waals surface area contributed by atoms with E-state index in [-0.39, 0.29) is 5.91 Å². The average molecular weight is 314 g/mol. The fourth-order valence-electron chi connectivity index (χ4n) is 2.40. The van der Waals surface area contributed by atoms with Crippen molar-refractivity contribution < 1.29 is 4.79 Å². The fraction of sp³-hybridized carbons (Fsp3) is 0.312. The van der Waals surface area contributed by atoms with Crippen LogP contribution in [0, 0.1) is 13.8 Å². The zero-order chi connectivity index (χ0) is 15.7. The highest BCUT2D eigenvalue weighted by Gasteiger charge is 2.15. The number of amides is 1. The van der Waals surface area contributed by atoms with E-state index >= 15 is 0 Å². The number of carbonyl (C=O) groups excluding carboxylic acids is 1. The van der Waals surface area contributed by atoms with Crippen LogP contribution in [0.25, 0.3) is 5.65 Å². The molecule has 0 aliphatic rings. The maximum atomic E-state index is 12.4. The Morgan fingerprint density at radius 2 is 2.09 bits per heavy atom. The molecule has 0 saturated heterocycles. The Kier molecular flexibility index (Phi) is 3.94. The highest BCUT2D eigenvalue weighted by atomic mass is 32.1. The quantitative estimate of drug-likeness (QED) is 0.805. The van der Waals surface area contributed by atoms with Gasteiger partial charge < -0.3 is 5.32 Å². The Morgan fingerprint density at radius 3 is 2.82 bits per heavy atom. The van der Waals surface area contributed by atoms with Crippen molar-refractivity contribution in [3.05, 3.63) is 51.1 Å². The van der Waals surface area contributed by atoms with Crippen LogP contribution in [0.15, 0.2) is 24.4 Å². The summed E-state index contributed by atoms with van der Waals surface area (Å²) in [6.45, 7) is 6.53. The van der Waals surface area contributed by atoms with Gasteiger partial charge in [0, 0.05) is 21.1 Å². The van der Waals surface area contributed by atoms with Gasteiger partial charge in [-0.05, 0) is 38.5 Å². The van der Waals surface area contributed by atoms with E-state index in [4.69, 9.17) is 0 Å². The van der Waals surface area contributed by atoms with Gasteiger partial charge >= 0.3 is 0 Å². The first kappa shape index (κ1) is 14.7. The summed E-state index contributed by atoms with van der Waals surface area (Å²) in [5.74, 6) is -0.140. The minimum atomic E-state index is -0.140. The Hall–Kier alpha value is -2.21. The van der Waals surface area contributed by atoms with Gasteiger partial charge in [-0.2, -0.15) is 5.10 Å². The van der Waals surface area contributed by atoms with Crippen molar-refractivity contribution in [2.24, 2.45) is 0 Å². The third-order valence-electron chi connectivity index (χ3n) is 3.51. The van der Waals surface area contributed by atoms with E-state index in [1.165, 1.54) is 4.88 Å². The standard InChI is InChI=1S/C16H18N4OS/c1-4-12-5-6-13(22-12)8-17-16(21)14-9-18-20-11(3)7-10(2)19-15(14)20/h5-7,9H,4,8H2,1-3H3,(H,17,21). The zero-order valence-electron chi connectivity index (χ0n) is 12.9. The summed E-state index contributed by atoms with van der Waals surface area (Å²) in [5, 5.41) is 7.20. The van der Waals surface area contributed by atoms with E-state index in [1.54, 1.807) is 22.0 Å². The molecule has 3 heterocycles. The van der Waals surface area contributed by atoms with Gasteiger partial charge in [0.2, 0.25) is 0 Å². The molecule has 0 unspecified atom stereocenters. The number of fused-ring (bicyclic) bond motifs is 1. The van der Waals surface area contributed by atoms with E-state index in [0.29, 0.717) is 17.8 Å². The minimum Gasteiger partial charge on any atom is -0.347 e. The molecule has 0 saturated carbocycles. The number of nitrogens with one attached hydrogen (secondary N) is 1. The predicted octanol–water partition coefficient (Wildman–Crippen LogP) is 2.90. The van der Waals surface area contributed by atoms with Crippen LogP contribution in [0.2, 0.25) is 0 Å². The van der Waals surface area contributed by atoms with Crippen molar-refractivity contribution in [3.63, 3.8) is 0 Å². The molecular formula is C16H18N4OS. The maximum absolute atomic E-state index is 12.4. The van der Waals surface area contributed by atoms with E-state index < -0.39 is 0 Å². The summed E-state index contributed by atoms with van der Waals surface area (Å²) in [4.78, 5) is 19.3. The van der Waals surface area contributed by atoms with E-state index in [0.717, 1.165) is 22.7 Å². The summed E-state index contributed by atoms with van der Waals surface area (Å²) in [7, 11) is 0. The average Bonchev–Trinajstić information content (AvgIpc) is 3.11. The van der Waals surface area contributed by atoms with Gasteiger partial charge in [0.25, 0.3) is 5.91 Å². The molecule has 0 aliphatic carbocycles. The van der Waals surface area contributed by atoms with Crippen molar-refractivity contribution in [3.8, 4) is 0 Å². The second-order valence-corrected chi connectivity index (χ2v) is 6.49. The molecule has 0 radical (unpaired) electrons. The highest BCUT2D eigenvalue weighted by Crippen LogP contribution is 2.17. The Morgan fingerprint density at radius 1 is 1.32 bits per heavy atom. The monoisotopic (exact) mass is 314 g/mol. The van der Waals surface area contributed by atoms with Gasteiger partial charge in [0.05, 0.1) is 12.7 Å². The lowest BCUT2D eigenvalue weighted by Gasteiger charge is -2.04. The van der Waals surface area contributed by atoms with Crippen molar-refractivity contribution in [2.45, 2.75) is 33.7 Å². The summed E-state index contributed by atoms with van der Waals surface area (Å²) < 4.78 is 1.70. The molecule has 3 rings (SSSR count). The molecule has 114 valence electrons. The molecule has 3 aromatic heterocycles. The largest absolute Gasteiger partial charge is 0.347 e. The molecule has 22 heavy (non-hydrogen) atoms. The van der Waals surface area contributed by atoms with Crippen LogP contribution in [-0.2, 0) is 13.0 Å². The summed E-state index contributed by atoms with van der Waals surface area (Å²) >= 11 is 1.73. The van der Waals surface area contributed by atoms with Crippen molar-refractivity contribution >= 4 is 22.9 Å². The normalized spacial score (nSPS) is 11.0. The van der Waals surface area contributed by atoms with E-state index in [2.05, 4.69) is 34.5 Å². The highest BCUT2D eigenvalue weighted by molar-refractivity contribution is 7.11. The Labute approximate surface area is 133 Å². The third kappa shape index (κ3) is 2.74. The van der Waals surface area contributed by atoms with E-state index in [1.807, 2.05) is 19.9 Å². The van der Waals surface area contributed by atoms with Crippen LogP contribution >= 0.6 is 11.3 Å². The number of rotatable bonds is 4. The van der Waals surface area contributed by atoms with Crippen LogP contribution in [0.5, 0.6) is 0 Å². The molecule has 6 heteroatoms. The zero-order valence-corrected chi connectivity index (χ0v) is 13.7. The van der Waals surface area contributed by atoms with Gasteiger partial charge in [0.1, 0.15) is 5.56 Å². The molecule has 0 atom stereocenters. The molecule has 0 fully saturated rings. The van der Waals surface area contributed by atoms with Gasteiger partial charge in [-0.15, -0.1) is 11.3 Å². The number of aromatic nitrogens is 3. The van der Waals surface area contributed by atoms with Crippen LogP contribution in [0.3, 0.4) is 0 Å². The lowest BCUT2D eigenvalue weighted by atomic mass is 10.3. The Balaban J connectivity index is 1.80.